The van der Waals surface area contributed by atoms with Crippen molar-refractivity contribution in [3.05, 3.63) is 60.4 Å². The molecule has 0 atom stereocenters. The van der Waals surface area contributed by atoms with Gasteiger partial charge in [0.2, 0.25) is 16.0 Å². The molecule has 30 heavy (non-hydrogen) atoms. The molecule has 2 heterocycles. The normalized spacial score (nSPS) is 15.9. The first kappa shape index (κ1) is 20.2. The molecule has 2 N–H and O–H groups in total. The summed E-state index contributed by atoms with van der Waals surface area (Å²) in [6.07, 6.45) is 3.98. The van der Waals surface area contributed by atoms with E-state index in [1.54, 1.807) is 16.4 Å². The van der Waals surface area contributed by atoms with Crippen molar-refractivity contribution in [1.29, 1.82) is 0 Å². The Labute approximate surface area is 174 Å². The molecule has 4 rings (SSSR count). The Balaban J connectivity index is 1.35. The van der Waals surface area contributed by atoms with Crippen LogP contribution in [0, 0.1) is 5.92 Å². The van der Waals surface area contributed by atoms with Crippen LogP contribution in [0.25, 0.3) is 10.8 Å². The smallest absolute Gasteiger partial charge is 0.338 e. The van der Waals surface area contributed by atoms with Crippen molar-refractivity contribution < 1.29 is 18.3 Å². The summed E-state index contributed by atoms with van der Waals surface area (Å²) in [5.74, 6) is -0.413. The van der Waals surface area contributed by atoms with Crippen LogP contribution in [-0.2, 0) is 10.0 Å². The highest BCUT2D eigenvalue weighted by molar-refractivity contribution is 7.89. The number of benzene rings is 2. The monoisotopic (exact) mass is 426 g/mol. The van der Waals surface area contributed by atoms with Crippen molar-refractivity contribution in [1.82, 2.24) is 14.3 Å². The largest absolute Gasteiger partial charge is 0.478 e. The van der Waals surface area contributed by atoms with E-state index < -0.39 is 16.0 Å². The summed E-state index contributed by atoms with van der Waals surface area (Å²) in [5.41, 5.74) is 0.0350. The highest BCUT2D eigenvalue weighted by Crippen LogP contribution is 2.26. The number of carbonyl (C=O) groups is 1. The summed E-state index contributed by atoms with van der Waals surface area (Å²) >= 11 is 0. The predicted molar refractivity (Wildman–Crippen MR) is 113 cm³/mol. The molecule has 0 spiro atoms. The standard InChI is InChI=1S/C21H22N4O4S/c26-20(27)18-13-23-21(24-14-18)22-12-15-7-9-25(10-8-15)30(28,29)19-6-5-16-3-1-2-4-17(16)11-19/h1-6,11,13-15H,7-10,12H2,(H,26,27)(H,22,23,24). The second-order valence-corrected chi connectivity index (χ2v) is 9.28. The number of aromatic nitrogens is 2. The van der Waals surface area contributed by atoms with E-state index in [2.05, 4.69) is 15.3 Å². The highest BCUT2D eigenvalue weighted by Gasteiger charge is 2.29. The van der Waals surface area contributed by atoms with E-state index in [4.69, 9.17) is 5.11 Å². The molecule has 0 saturated carbocycles. The number of hydrogen-bond donors (Lipinski definition) is 2. The fraction of sp³-hybridized carbons (Fsp3) is 0.286. The van der Waals surface area contributed by atoms with Gasteiger partial charge in [-0.2, -0.15) is 4.31 Å². The van der Waals surface area contributed by atoms with Crippen molar-refractivity contribution in [3.8, 4) is 0 Å². The van der Waals surface area contributed by atoms with E-state index in [0.717, 1.165) is 23.6 Å². The lowest BCUT2D eigenvalue weighted by atomic mass is 9.98. The molecule has 1 saturated heterocycles. The summed E-state index contributed by atoms with van der Waals surface area (Å²) < 4.78 is 27.6. The number of rotatable bonds is 6. The van der Waals surface area contributed by atoms with Crippen LogP contribution in [0.4, 0.5) is 5.95 Å². The molecule has 8 nitrogen and oxygen atoms in total. The van der Waals surface area contributed by atoms with Crippen molar-refractivity contribution in [2.75, 3.05) is 25.0 Å². The third-order valence-electron chi connectivity index (χ3n) is 5.38. The predicted octanol–water partition coefficient (Wildman–Crippen LogP) is 2.84. The minimum Gasteiger partial charge on any atom is -0.478 e. The lowest BCUT2D eigenvalue weighted by molar-refractivity contribution is 0.0696. The van der Waals surface area contributed by atoms with Crippen LogP contribution in [0.15, 0.2) is 59.8 Å². The number of carboxylic acid groups (broad SMARTS) is 1. The van der Waals surface area contributed by atoms with E-state index in [1.165, 1.54) is 12.4 Å². The molecule has 0 amide bonds. The quantitative estimate of drug-likeness (QED) is 0.623. The zero-order valence-electron chi connectivity index (χ0n) is 16.2. The Morgan fingerprint density at radius 2 is 1.73 bits per heavy atom. The van der Waals surface area contributed by atoms with Gasteiger partial charge in [0.15, 0.2) is 0 Å². The number of sulfonamides is 1. The second-order valence-electron chi connectivity index (χ2n) is 7.34. The zero-order chi connectivity index (χ0) is 21.1. The third kappa shape index (κ3) is 4.27. The maximum atomic E-state index is 13.0. The first-order valence-corrected chi connectivity index (χ1v) is 11.2. The maximum absolute atomic E-state index is 13.0. The van der Waals surface area contributed by atoms with Crippen LogP contribution in [-0.4, -0.2) is 53.4 Å². The van der Waals surface area contributed by atoms with Crippen LogP contribution in [0.3, 0.4) is 0 Å². The minimum absolute atomic E-state index is 0.0350. The van der Waals surface area contributed by atoms with Crippen LogP contribution in [0.5, 0.6) is 0 Å². The average molecular weight is 426 g/mol. The van der Waals surface area contributed by atoms with Gasteiger partial charge in [0.1, 0.15) is 0 Å². The summed E-state index contributed by atoms with van der Waals surface area (Å²) in [6.45, 7) is 1.52. The van der Waals surface area contributed by atoms with Gasteiger partial charge in [-0.1, -0.05) is 30.3 Å². The summed E-state index contributed by atoms with van der Waals surface area (Å²) in [5, 5.41) is 13.9. The molecule has 0 aliphatic carbocycles. The van der Waals surface area contributed by atoms with Crippen molar-refractivity contribution >= 4 is 32.7 Å². The summed E-state index contributed by atoms with van der Waals surface area (Å²) in [7, 11) is -3.52. The van der Waals surface area contributed by atoms with Gasteiger partial charge in [-0.05, 0) is 41.7 Å². The Kier molecular flexibility index (Phi) is 5.65. The number of anilines is 1. The molecule has 9 heteroatoms. The SMILES string of the molecule is O=C(O)c1cnc(NCC2CCN(S(=O)(=O)c3ccc4ccccc4c3)CC2)nc1. The molecular formula is C21H22N4O4S. The number of nitrogens with one attached hydrogen (secondary N) is 1. The summed E-state index contributed by atoms with van der Waals surface area (Å²) in [6, 6.07) is 13.0. The number of hydrogen-bond acceptors (Lipinski definition) is 6. The topological polar surface area (TPSA) is 112 Å². The first-order chi connectivity index (χ1) is 14.4. The van der Waals surface area contributed by atoms with Crippen LogP contribution < -0.4 is 5.32 Å². The fourth-order valence-corrected chi connectivity index (χ4v) is 5.10. The van der Waals surface area contributed by atoms with E-state index in [-0.39, 0.29) is 11.5 Å². The Morgan fingerprint density at radius 3 is 2.40 bits per heavy atom. The van der Waals surface area contributed by atoms with Crippen LogP contribution >= 0.6 is 0 Å². The molecule has 3 aromatic rings. The van der Waals surface area contributed by atoms with Gasteiger partial charge in [0.05, 0.1) is 10.5 Å². The zero-order valence-corrected chi connectivity index (χ0v) is 17.0. The lowest BCUT2D eigenvalue weighted by Crippen LogP contribution is -2.39. The van der Waals surface area contributed by atoms with Gasteiger partial charge in [-0.15, -0.1) is 0 Å². The first-order valence-electron chi connectivity index (χ1n) is 9.71. The van der Waals surface area contributed by atoms with E-state index in [9.17, 15) is 13.2 Å². The molecule has 1 aliphatic heterocycles. The molecule has 2 aromatic carbocycles. The molecule has 0 radical (unpaired) electrons. The Morgan fingerprint density at radius 1 is 1.07 bits per heavy atom. The average Bonchev–Trinajstić information content (AvgIpc) is 2.78. The van der Waals surface area contributed by atoms with Gasteiger partial charge in [0.25, 0.3) is 0 Å². The minimum atomic E-state index is -3.52. The van der Waals surface area contributed by atoms with Gasteiger partial charge in [-0.3, -0.25) is 0 Å². The number of fused-ring (bicyclic) bond motifs is 1. The van der Waals surface area contributed by atoms with Gasteiger partial charge < -0.3 is 10.4 Å². The Bertz CT molecular complexity index is 1160. The van der Waals surface area contributed by atoms with Gasteiger partial charge in [0, 0.05) is 32.0 Å². The maximum Gasteiger partial charge on any atom is 0.338 e. The Hall–Kier alpha value is -3.04. The molecule has 156 valence electrons. The van der Waals surface area contributed by atoms with E-state index in [1.807, 2.05) is 30.3 Å². The number of carboxylic acids is 1. The molecule has 0 unspecified atom stereocenters. The van der Waals surface area contributed by atoms with Crippen LogP contribution in [0.1, 0.15) is 23.2 Å². The number of aromatic carboxylic acids is 1. The summed E-state index contributed by atoms with van der Waals surface area (Å²) in [4.78, 5) is 19.2. The molecule has 1 fully saturated rings. The van der Waals surface area contributed by atoms with E-state index in [0.29, 0.717) is 30.5 Å². The van der Waals surface area contributed by atoms with Crippen molar-refractivity contribution in [2.45, 2.75) is 17.7 Å². The van der Waals surface area contributed by atoms with Crippen molar-refractivity contribution in [3.63, 3.8) is 0 Å². The second kappa shape index (κ2) is 8.37. The lowest BCUT2D eigenvalue weighted by Gasteiger charge is -2.31. The number of nitrogens with zero attached hydrogens (tertiary/aromatic N) is 3. The number of piperidine rings is 1. The molecule has 1 aliphatic rings. The van der Waals surface area contributed by atoms with Gasteiger partial charge in [-0.25, -0.2) is 23.2 Å². The third-order valence-corrected chi connectivity index (χ3v) is 7.27. The van der Waals surface area contributed by atoms with E-state index >= 15 is 0 Å². The highest BCUT2D eigenvalue weighted by atomic mass is 32.2. The molecular weight excluding hydrogens is 404 g/mol. The van der Waals surface area contributed by atoms with Crippen LogP contribution in [0.2, 0.25) is 0 Å². The molecule has 0 bridgehead atoms. The fourth-order valence-electron chi connectivity index (χ4n) is 3.60. The molecule has 1 aromatic heterocycles. The van der Waals surface area contributed by atoms with Crippen molar-refractivity contribution in [2.24, 2.45) is 5.92 Å². The van der Waals surface area contributed by atoms with Gasteiger partial charge >= 0.3 is 5.97 Å².